The molecule has 1 aliphatic rings. The predicted octanol–water partition coefficient (Wildman–Crippen LogP) is 2.58. The zero-order chi connectivity index (χ0) is 21.5. The highest BCUT2D eigenvalue weighted by atomic mass is 16.2. The summed E-state index contributed by atoms with van der Waals surface area (Å²) in [6.45, 7) is 6.91. The lowest BCUT2D eigenvalue weighted by molar-refractivity contribution is 0.0958. The van der Waals surface area contributed by atoms with Gasteiger partial charge in [0.25, 0.3) is 5.91 Å². The lowest BCUT2D eigenvalue weighted by Gasteiger charge is -2.27. The maximum atomic E-state index is 11.8. The second kappa shape index (κ2) is 9.98. The van der Waals surface area contributed by atoms with Crippen molar-refractivity contribution in [3.63, 3.8) is 0 Å². The van der Waals surface area contributed by atoms with Crippen LogP contribution in [0.2, 0.25) is 0 Å². The molecule has 1 aliphatic heterocycles. The average Bonchev–Trinajstić information content (AvgIpc) is 2.74. The van der Waals surface area contributed by atoms with Gasteiger partial charge >= 0.3 is 6.03 Å². The van der Waals surface area contributed by atoms with E-state index in [-0.39, 0.29) is 11.9 Å². The van der Waals surface area contributed by atoms with Gasteiger partial charge in [0.1, 0.15) is 11.5 Å². The maximum Gasteiger partial charge on any atom is 0.320 e. The van der Waals surface area contributed by atoms with Crippen LogP contribution in [0.5, 0.6) is 0 Å². The molecular formula is C22H28N6O2. The van der Waals surface area contributed by atoms with Gasteiger partial charge in [0, 0.05) is 45.1 Å². The Labute approximate surface area is 176 Å². The van der Waals surface area contributed by atoms with Gasteiger partial charge in [-0.25, -0.2) is 14.8 Å². The Balaban J connectivity index is 1.63. The third-order valence-corrected chi connectivity index (χ3v) is 4.99. The minimum atomic E-state index is -0.251. The first-order valence-corrected chi connectivity index (χ1v) is 10.1. The van der Waals surface area contributed by atoms with Crippen LogP contribution in [0.3, 0.4) is 0 Å². The lowest BCUT2D eigenvalue weighted by Crippen LogP contribution is -2.29. The van der Waals surface area contributed by atoms with Gasteiger partial charge in [-0.3, -0.25) is 15.0 Å². The van der Waals surface area contributed by atoms with Crippen LogP contribution < -0.4 is 16.0 Å². The van der Waals surface area contributed by atoms with E-state index in [1.165, 1.54) is 5.57 Å². The number of aryl methyl sites for hydroxylation is 1. The highest BCUT2D eigenvalue weighted by Crippen LogP contribution is 2.25. The van der Waals surface area contributed by atoms with Crippen LogP contribution in [0, 0.1) is 6.92 Å². The minimum absolute atomic E-state index is 0.174. The quantitative estimate of drug-likeness (QED) is 0.682. The molecule has 2 aromatic rings. The largest absolute Gasteiger partial charge is 0.354 e. The van der Waals surface area contributed by atoms with Crippen LogP contribution in [-0.2, 0) is 6.54 Å². The van der Waals surface area contributed by atoms with Crippen molar-refractivity contribution in [2.75, 3.05) is 32.0 Å². The van der Waals surface area contributed by atoms with E-state index >= 15 is 0 Å². The zero-order valence-electron chi connectivity index (χ0n) is 17.7. The highest BCUT2D eigenvalue weighted by molar-refractivity contribution is 5.92. The third kappa shape index (κ3) is 5.42. The molecule has 0 radical (unpaired) electrons. The molecule has 158 valence electrons. The number of hydrogen-bond donors (Lipinski definition) is 3. The molecule has 0 saturated carbocycles. The Morgan fingerprint density at radius 1 is 1.23 bits per heavy atom. The number of anilines is 1. The number of aromatic nitrogens is 2. The summed E-state index contributed by atoms with van der Waals surface area (Å²) in [4.78, 5) is 34.4. The van der Waals surface area contributed by atoms with Crippen LogP contribution in [-0.4, -0.2) is 53.5 Å². The molecule has 0 atom stereocenters. The fraction of sp³-hybridized carbons (Fsp3) is 0.364. The molecule has 0 bridgehead atoms. The summed E-state index contributed by atoms with van der Waals surface area (Å²) in [6.07, 6.45) is 4.85. The maximum absolute atomic E-state index is 11.8. The molecule has 3 amide bonds. The molecule has 3 rings (SSSR count). The molecule has 0 aliphatic carbocycles. The highest BCUT2D eigenvalue weighted by Gasteiger charge is 2.16. The summed E-state index contributed by atoms with van der Waals surface area (Å²) >= 11 is 0. The van der Waals surface area contributed by atoms with Crippen LogP contribution in [0.1, 0.15) is 40.7 Å². The molecule has 3 N–H and O–H groups in total. The van der Waals surface area contributed by atoms with Gasteiger partial charge in [-0.15, -0.1) is 0 Å². The van der Waals surface area contributed by atoms with Crippen molar-refractivity contribution in [3.8, 4) is 0 Å². The van der Waals surface area contributed by atoms with Crippen LogP contribution >= 0.6 is 0 Å². The predicted molar refractivity (Wildman–Crippen MR) is 117 cm³/mol. The minimum Gasteiger partial charge on any atom is -0.354 e. The summed E-state index contributed by atoms with van der Waals surface area (Å²) in [5.74, 6) is 0.372. The Hall–Kier alpha value is -3.26. The van der Waals surface area contributed by atoms with E-state index in [9.17, 15) is 9.59 Å². The molecule has 3 heterocycles. The number of urea groups is 1. The SMILES string of the molecule is CCNC(=O)Nc1cc(CN2CC=C(c3ccc(C(=O)NC)nc3C)CC2)ccn1. The van der Waals surface area contributed by atoms with Crippen molar-refractivity contribution in [1.82, 2.24) is 25.5 Å². The van der Waals surface area contributed by atoms with E-state index in [4.69, 9.17) is 0 Å². The summed E-state index contributed by atoms with van der Waals surface area (Å²) in [6, 6.07) is 7.37. The number of hydrogen-bond acceptors (Lipinski definition) is 5. The van der Waals surface area contributed by atoms with Gasteiger partial charge < -0.3 is 10.6 Å². The van der Waals surface area contributed by atoms with Gasteiger partial charge in [-0.2, -0.15) is 0 Å². The topological polar surface area (TPSA) is 99.2 Å². The number of rotatable bonds is 6. The summed E-state index contributed by atoms with van der Waals surface area (Å²) < 4.78 is 0. The number of carbonyl (C=O) groups is 2. The smallest absolute Gasteiger partial charge is 0.320 e. The van der Waals surface area contributed by atoms with Crippen molar-refractivity contribution in [2.45, 2.75) is 26.8 Å². The van der Waals surface area contributed by atoms with Gasteiger partial charge in [0.05, 0.1) is 0 Å². The second-order valence-corrected chi connectivity index (χ2v) is 7.16. The molecule has 8 heteroatoms. The first kappa shape index (κ1) is 21.4. The molecule has 0 spiro atoms. The molecule has 0 fully saturated rings. The van der Waals surface area contributed by atoms with E-state index in [0.29, 0.717) is 18.1 Å². The average molecular weight is 409 g/mol. The van der Waals surface area contributed by atoms with Crippen molar-refractivity contribution in [3.05, 3.63) is 59.1 Å². The summed E-state index contributed by atoms with van der Waals surface area (Å²) in [7, 11) is 1.60. The number of nitrogens with one attached hydrogen (secondary N) is 3. The summed E-state index contributed by atoms with van der Waals surface area (Å²) in [5.41, 5.74) is 4.76. The Kier molecular flexibility index (Phi) is 7.13. The number of nitrogens with zero attached hydrogens (tertiary/aromatic N) is 3. The number of amides is 3. The molecule has 30 heavy (non-hydrogen) atoms. The number of pyridine rings is 2. The van der Waals surface area contributed by atoms with Gasteiger partial charge in [-0.1, -0.05) is 12.1 Å². The van der Waals surface area contributed by atoms with Crippen LogP contribution in [0.4, 0.5) is 10.6 Å². The van der Waals surface area contributed by atoms with E-state index in [1.807, 2.05) is 32.0 Å². The van der Waals surface area contributed by atoms with E-state index in [1.54, 1.807) is 19.3 Å². The van der Waals surface area contributed by atoms with E-state index in [0.717, 1.165) is 42.9 Å². The van der Waals surface area contributed by atoms with Crippen LogP contribution in [0.15, 0.2) is 36.5 Å². The van der Waals surface area contributed by atoms with Crippen LogP contribution in [0.25, 0.3) is 5.57 Å². The fourth-order valence-electron chi connectivity index (χ4n) is 3.47. The first-order valence-electron chi connectivity index (χ1n) is 10.1. The van der Waals surface area contributed by atoms with Gasteiger partial charge in [0.2, 0.25) is 0 Å². The van der Waals surface area contributed by atoms with Crippen molar-refractivity contribution < 1.29 is 9.59 Å². The van der Waals surface area contributed by atoms with Crippen molar-refractivity contribution in [2.24, 2.45) is 0 Å². The molecule has 0 saturated heterocycles. The lowest BCUT2D eigenvalue weighted by atomic mass is 9.97. The fourth-order valence-corrected chi connectivity index (χ4v) is 3.47. The van der Waals surface area contributed by atoms with E-state index in [2.05, 4.69) is 36.9 Å². The normalized spacial score (nSPS) is 14.0. The molecule has 2 aromatic heterocycles. The third-order valence-electron chi connectivity index (χ3n) is 4.99. The van der Waals surface area contributed by atoms with Crippen molar-refractivity contribution in [1.29, 1.82) is 0 Å². The summed E-state index contributed by atoms with van der Waals surface area (Å²) in [5, 5.41) is 8.05. The van der Waals surface area contributed by atoms with Crippen molar-refractivity contribution >= 4 is 23.3 Å². The Bertz CT molecular complexity index is 956. The van der Waals surface area contributed by atoms with E-state index < -0.39 is 0 Å². The standard InChI is InChI=1S/C22H28N6O2/c1-4-24-22(30)27-20-13-16(7-10-25-20)14-28-11-8-17(9-12-28)18-5-6-19(21(29)23-3)26-15(18)2/h5-8,10,13H,4,9,11-12,14H2,1-3H3,(H,23,29)(H2,24,25,27,30). The second-order valence-electron chi connectivity index (χ2n) is 7.16. The Morgan fingerprint density at radius 2 is 2.07 bits per heavy atom. The monoisotopic (exact) mass is 408 g/mol. The zero-order valence-corrected chi connectivity index (χ0v) is 17.7. The Morgan fingerprint density at radius 3 is 2.73 bits per heavy atom. The molecule has 0 aromatic carbocycles. The molecule has 0 unspecified atom stereocenters. The van der Waals surface area contributed by atoms with Gasteiger partial charge in [-0.05, 0) is 55.2 Å². The molecular weight excluding hydrogens is 380 g/mol. The number of carbonyl (C=O) groups excluding carboxylic acids is 2. The molecule has 8 nitrogen and oxygen atoms in total. The van der Waals surface area contributed by atoms with Gasteiger partial charge in [0.15, 0.2) is 0 Å². The first-order chi connectivity index (χ1) is 14.5.